The third-order valence-electron chi connectivity index (χ3n) is 5.30. The number of imide groups is 1. The van der Waals surface area contributed by atoms with Crippen LogP contribution < -0.4 is 5.32 Å². The highest BCUT2D eigenvalue weighted by Crippen LogP contribution is 2.17. The summed E-state index contributed by atoms with van der Waals surface area (Å²) < 4.78 is 5.37. The smallest absolute Gasteiger partial charge is 0.254 e. The summed E-state index contributed by atoms with van der Waals surface area (Å²) in [5.41, 5.74) is 1.77. The fourth-order valence-corrected chi connectivity index (χ4v) is 3.60. The number of amides is 4. The number of carbonyl (C=O) groups is 4. The van der Waals surface area contributed by atoms with Gasteiger partial charge < -0.3 is 14.6 Å². The van der Waals surface area contributed by atoms with Crippen LogP contribution in [0.3, 0.4) is 0 Å². The third-order valence-corrected chi connectivity index (χ3v) is 5.30. The number of nitrogens with zero attached hydrogens (tertiary/aromatic N) is 2. The Morgan fingerprint density at radius 1 is 0.909 bits per heavy atom. The highest BCUT2D eigenvalue weighted by Gasteiger charge is 2.28. The summed E-state index contributed by atoms with van der Waals surface area (Å²) in [6.07, 6.45) is 1.99. The van der Waals surface area contributed by atoms with Gasteiger partial charge in [0.1, 0.15) is 12.3 Å². The molecule has 0 bridgehead atoms. The molecule has 33 heavy (non-hydrogen) atoms. The number of likely N-dealkylation sites (tertiary alicyclic amines) is 1. The van der Waals surface area contributed by atoms with E-state index in [1.54, 1.807) is 48.5 Å². The van der Waals surface area contributed by atoms with Crippen molar-refractivity contribution < 1.29 is 23.6 Å². The molecule has 1 aromatic heterocycles. The van der Waals surface area contributed by atoms with Crippen LogP contribution in [-0.2, 0) is 27.5 Å². The van der Waals surface area contributed by atoms with Gasteiger partial charge in [-0.1, -0.05) is 30.3 Å². The van der Waals surface area contributed by atoms with Gasteiger partial charge in [0.25, 0.3) is 5.91 Å². The van der Waals surface area contributed by atoms with Gasteiger partial charge in [0.15, 0.2) is 0 Å². The summed E-state index contributed by atoms with van der Waals surface area (Å²) in [6, 6.07) is 19.2. The zero-order chi connectivity index (χ0) is 23.2. The highest BCUT2D eigenvalue weighted by atomic mass is 16.3. The van der Waals surface area contributed by atoms with Crippen molar-refractivity contribution >= 4 is 29.3 Å². The van der Waals surface area contributed by atoms with Crippen LogP contribution in [0.25, 0.3) is 0 Å². The van der Waals surface area contributed by atoms with Crippen molar-refractivity contribution in [3.63, 3.8) is 0 Å². The largest absolute Gasteiger partial charge is 0.467 e. The van der Waals surface area contributed by atoms with E-state index >= 15 is 0 Å². The lowest BCUT2D eigenvalue weighted by atomic mass is 10.1. The molecule has 0 atom stereocenters. The van der Waals surface area contributed by atoms with Crippen LogP contribution in [0.4, 0.5) is 5.69 Å². The lowest BCUT2D eigenvalue weighted by Gasteiger charge is -2.22. The molecule has 0 spiro atoms. The number of carbonyl (C=O) groups excluding carboxylic acids is 4. The number of hydrogen-bond donors (Lipinski definition) is 1. The summed E-state index contributed by atoms with van der Waals surface area (Å²) in [7, 11) is 0. The van der Waals surface area contributed by atoms with E-state index in [2.05, 4.69) is 5.32 Å². The van der Waals surface area contributed by atoms with E-state index in [1.807, 2.05) is 18.2 Å². The van der Waals surface area contributed by atoms with E-state index in [9.17, 15) is 19.2 Å². The monoisotopic (exact) mass is 445 g/mol. The lowest BCUT2D eigenvalue weighted by molar-refractivity contribution is -0.139. The van der Waals surface area contributed by atoms with E-state index in [0.29, 0.717) is 17.0 Å². The molecule has 8 nitrogen and oxygen atoms in total. The Labute approximate surface area is 190 Å². The molecule has 8 heteroatoms. The van der Waals surface area contributed by atoms with Crippen LogP contribution in [0, 0.1) is 0 Å². The summed E-state index contributed by atoms with van der Waals surface area (Å²) in [5.74, 6) is -0.486. The van der Waals surface area contributed by atoms with Crippen LogP contribution in [0.1, 0.15) is 34.5 Å². The molecule has 2 aromatic carbocycles. The molecule has 4 rings (SSSR count). The van der Waals surface area contributed by atoms with Crippen LogP contribution in [0.2, 0.25) is 0 Å². The first-order chi connectivity index (χ1) is 16.0. The van der Waals surface area contributed by atoms with Gasteiger partial charge in [0.05, 0.1) is 19.4 Å². The van der Waals surface area contributed by atoms with Crippen molar-refractivity contribution in [2.45, 2.75) is 25.9 Å². The van der Waals surface area contributed by atoms with Gasteiger partial charge in [-0.3, -0.25) is 24.1 Å². The van der Waals surface area contributed by atoms with Gasteiger partial charge in [0.2, 0.25) is 17.7 Å². The topological polar surface area (TPSA) is 99.9 Å². The van der Waals surface area contributed by atoms with Gasteiger partial charge in [-0.2, -0.15) is 0 Å². The minimum absolute atomic E-state index is 0.132. The normalized spacial score (nSPS) is 13.3. The molecule has 1 N–H and O–H groups in total. The SMILES string of the molecule is O=C(CN(Cc1ccco1)C(=O)c1ccc(CN2C(=O)CCC2=O)cc1)Nc1ccccc1. The summed E-state index contributed by atoms with van der Waals surface area (Å²) in [5, 5.41) is 2.78. The second-order valence-electron chi connectivity index (χ2n) is 7.73. The fraction of sp³-hybridized carbons (Fsp3) is 0.200. The number of para-hydroxylation sites is 1. The van der Waals surface area contributed by atoms with Gasteiger partial charge >= 0.3 is 0 Å². The molecule has 1 fully saturated rings. The van der Waals surface area contributed by atoms with Crippen molar-refractivity contribution in [3.05, 3.63) is 89.9 Å². The van der Waals surface area contributed by atoms with Crippen molar-refractivity contribution in [1.82, 2.24) is 9.80 Å². The Hall–Kier alpha value is -4.20. The maximum Gasteiger partial charge on any atom is 0.254 e. The van der Waals surface area contributed by atoms with Crippen molar-refractivity contribution in [1.29, 1.82) is 0 Å². The molecule has 2 heterocycles. The minimum Gasteiger partial charge on any atom is -0.467 e. The Kier molecular flexibility index (Phi) is 6.64. The fourth-order valence-electron chi connectivity index (χ4n) is 3.60. The molecular weight excluding hydrogens is 422 g/mol. The molecular formula is C25H23N3O5. The Morgan fingerprint density at radius 3 is 2.24 bits per heavy atom. The molecule has 3 aromatic rings. The first-order valence-corrected chi connectivity index (χ1v) is 10.6. The second-order valence-corrected chi connectivity index (χ2v) is 7.73. The predicted molar refractivity (Wildman–Crippen MR) is 120 cm³/mol. The molecule has 0 radical (unpaired) electrons. The first-order valence-electron chi connectivity index (χ1n) is 10.6. The number of benzene rings is 2. The first kappa shape index (κ1) is 22.0. The van der Waals surface area contributed by atoms with E-state index in [4.69, 9.17) is 4.42 Å². The molecule has 168 valence electrons. The Balaban J connectivity index is 1.46. The predicted octanol–water partition coefficient (Wildman–Crippen LogP) is 3.21. The second kappa shape index (κ2) is 9.95. The number of furan rings is 1. The number of nitrogens with one attached hydrogen (secondary N) is 1. The standard InChI is InChI=1S/C25H23N3O5/c29-22(26-20-5-2-1-3-6-20)17-27(16-21-7-4-14-33-21)25(32)19-10-8-18(9-11-19)15-28-23(30)12-13-24(28)31/h1-11,14H,12-13,15-17H2,(H,26,29). The maximum absolute atomic E-state index is 13.2. The Bertz CT molecular complexity index is 1120. The van der Waals surface area contributed by atoms with E-state index in [1.165, 1.54) is 16.1 Å². The average Bonchev–Trinajstić information content (AvgIpc) is 3.44. The molecule has 4 amide bonds. The van der Waals surface area contributed by atoms with Gasteiger partial charge in [-0.15, -0.1) is 0 Å². The van der Waals surface area contributed by atoms with Gasteiger partial charge in [-0.25, -0.2) is 0 Å². The van der Waals surface area contributed by atoms with Crippen molar-refractivity contribution in [3.8, 4) is 0 Å². The lowest BCUT2D eigenvalue weighted by Crippen LogP contribution is -2.37. The average molecular weight is 445 g/mol. The van der Waals surface area contributed by atoms with E-state index in [-0.39, 0.29) is 56.1 Å². The molecule has 1 aliphatic heterocycles. The number of anilines is 1. The molecule has 0 saturated carbocycles. The Morgan fingerprint density at radius 2 is 1.61 bits per heavy atom. The number of hydrogen-bond acceptors (Lipinski definition) is 5. The summed E-state index contributed by atoms with van der Waals surface area (Å²) in [6.45, 7) is 0.154. The molecule has 0 unspecified atom stereocenters. The minimum atomic E-state index is -0.338. The van der Waals surface area contributed by atoms with Crippen LogP contribution in [0.15, 0.2) is 77.4 Å². The summed E-state index contributed by atoms with van der Waals surface area (Å²) in [4.78, 5) is 52.1. The highest BCUT2D eigenvalue weighted by molar-refractivity contribution is 6.02. The maximum atomic E-state index is 13.2. The molecule has 0 aliphatic carbocycles. The van der Waals surface area contributed by atoms with Gasteiger partial charge in [-0.05, 0) is 42.0 Å². The number of rotatable bonds is 8. The van der Waals surface area contributed by atoms with Crippen molar-refractivity contribution in [2.75, 3.05) is 11.9 Å². The zero-order valence-electron chi connectivity index (χ0n) is 17.9. The quantitative estimate of drug-likeness (QED) is 0.537. The van der Waals surface area contributed by atoms with E-state index < -0.39 is 0 Å². The molecule has 1 saturated heterocycles. The zero-order valence-corrected chi connectivity index (χ0v) is 17.9. The van der Waals surface area contributed by atoms with E-state index in [0.717, 1.165) is 5.56 Å². The van der Waals surface area contributed by atoms with Crippen molar-refractivity contribution in [2.24, 2.45) is 0 Å². The van der Waals surface area contributed by atoms with Crippen LogP contribution >= 0.6 is 0 Å². The molecule has 1 aliphatic rings. The van der Waals surface area contributed by atoms with Crippen LogP contribution in [0.5, 0.6) is 0 Å². The van der Waals surface area contributed by atoms with Gasteiger partial charge in [0, 0.05) is 24.1 Å². The third kappa shape index (κ3) is 5.54. The summed E-state index contributed by atoms with van der Waals surface area (Å²) >= 11 is 0. The van der Waals surface area contributed by atoms with Crippen LogP contribution in [-0.4, -0.2) is 40.0 Å².